The van der Waals surface area contributed by atoms with Crippen molar-refractivity contribution in [1.29, 1.82) is 0 Å². The quantitative estimate of drug-likeness (QED) is 0.527. The van der Waals surface area contributed by atoms with E-state index < -0.39 is 0 Å². The van der Waals surface area contributed by atoms with E-state index in [0.29, 0.717) is 47.7 Å². The summed E-state index contributed by atoms with van der Waals surface area (Å²) >= 11 is 0. The summed E-state index contributed by atoms with van der Waals surface area (Å²) in [5.74, 6) is 3.70. The minimum atomic E-state index is -0.0342. The Kier molecular flexibility index (Phi) is 5.61. The highest BCUT2D eigenvalue weighted by Gasteiger charge is 2.39. The first-order chi connectivity index (χ1) is 16.9. The van der Waals surface area contributed by atoms with Crippen molar-refractivity contribution in [2.45, 2.75) is 76.8 Å². The SMILES string of the molecule is C=C1NC(=O)C/C1=C\c1cnn2c(NC3CC3)cc(NC3CCC(CC(=O)C4CC4C)CC3)nc12. The van der Waals surface area contributed by atoms with Crippen LogP contribution in [0.1, 0.15) is 70.3 Å². The Morgan fingerprint density at radius 2 is 1.91 bits per heavy atom. The first kappa shape index (κ1) is 22.3. The van der Waals surface area contributed by atoms with Gasteiger partial charge in [0.25, 0.3) is 0 Å². The summed E-state index contributed by atoms with van der Waals surface area (Å²) in [4.78, 5) is 29.1. The number of allylic oxidation sites excluding steroid dienone is 1. The molecule has 4 aliphatic rings. The molecule has 4 fully saturated rings. The zero-order valence-electron chi connectivity index (χ0n) is 20.3. The molecule has 0 bridgehead atoms. The smallest absolute Gasteiger partial charge is 0.228 e. The predicted molar refractivity (Wildman–Crippen MR) is 136 cm³/mol. The highest BCUT2D eigenvalue weighted by molar-refractivity contribution is 5.89. The number of fused-ring (bicyclic) bond motifs is 1. The van der Waals surface area contributed by atoms with Crippen LogP contribution in [0.15, 0.2) is 30.1 Å². The normalized spacial score (nSPS) is 29.5. The summed E-state index contributed by atoms with van der Waals surface area (Å²) in [7, 11) is 0. The number of hydrogen-bond acceptors (Lipinski definition) is 6. The van der Waals surface area contributed by atoms with Crippen molar-refractivity contribution in [3.05, 3.63) is 35.7 Å². The fourth-order valence-electron chi connectivity index (χ4n) is 5.52. The van der Waals surface area contributed by atoms with Crippen LogP contribution in [-0.4, -0.2) is 38.4 Å². The maximum atomic E-state index is 12.4. The van der Waals surface area contributed by atoms with Crippen molar-refractivity contribution in [2.75, 3.05) is 10.6 Å². The third-order valence-corrected chi connectivity index (χ3v) is 8.00. The van der Waals surface area contributed by atoms with Crippen LogP contribution >= 0.6 is 0 Å². The number of hydrogen-bond donors (Lipinski definition) is 3. The van der Waals surface area contributed by atoms with E-state index in [1.54, 1.807) is 6.20 Å². The van der Waals surface area contributed by atoms with Crippen LogP contribution in [0.3, 0.4) is 0 Å². The van der Waals surface area contributed by atoms with Gasteiger partial charge in [-0.2, -0.15) is 9.61 Å². The number of rotatable bonds is 8. The van der Waals surface area contributed by atoms with E-state index in [9.17, 15) is 9.59 Å². The first-order valence-electron chi connectivity index (χ1n) is 13.1. The van der Waals surface area contributed by atoms with Gasteiger partial charge in [-0.1, -0.05) is 13.5 Å². The zero-order chi connectivity index (χ0) is 24.1. The van der Waals surface area contributed by atoms with Gasteiger partial charge >= 0.3 is 0 Å². The molecule has 8 heteroatoms. The maximum absolute atomic E-state index is 12.4. The maximum Gasteiger partial charge on any atom is 0.228 e. The van der Waals surface area contributed by atoms with Gasteiger partial charge in [0, 0.05) is 41.7 Å². The summed E-state index contributed by atoms with van der Waals surface area (Å²) in [5.41, 5.74) is 3.15. The fraction of sp³-hybridized carbons (Fsp3) is 0.556. The van der Waals surface area contributed by atoms with Gasteiger partial charge in [0.1, 0.15) is 17.4 Å². The Labute approximate surface area is 205 Å². The summed E-state index contributed by atoms with van der Waals surface area (Å²) in [6.45, 7) is 6.14. The Balaban J connectivity index is 1.18. The third kappa shape index (κ3) is 4.83. The lowest BCUT2D eigenvalue weighted by Crippen LogP contribution is -2.28. The van der Waals surface area contributed by atoms with Gasteiger partial charge in [-0.3, -0.25) is 9.59 Å². The van der Waals surface area contributed by atoms with Crippen molar-refractivity contribution < 1.29 is 9.59 Å². The number of nitrogens with zero attached hydrogens (tertiary/aromatic N) is 3. The van der Waals surface area contributed by atoms with Gasteiger partial charge in [0.15, 0.2) is 5.65 Å². The Morgan fingerprint density at radius 1 is 1.20 bits per heavy atom. The van der Waals surface area contributed by atoms with E-state index in [0.717, 1.165) is 66.9 Å². The molecule has 3 heterocycles. The van der Waals surface area contributed by atoms with Crippen LogP contribution in [-0.2, 0) is 9.59 Å². The van der Waals surface area contributed by atoms with Crippen molar-refractivity contribution >= 4 is 35.0 Å². The Morgan fingerprint density at radius 3 is 2.57 bits per heavy atom. The Hall–Kier alpha value is -3.16. The number of anilines is 2. The van der Waals surface area contributed by atoms with Crippen LogP contribution in [0.5, 0.6) is 0 Å². The summed E-state index contributed by atoms with van der Waals surface area (Å²) in [5, 5.41) is 14.6. The average Bonchev–Trinajstić information content (AvgIpc) is 3.72. The molecule has 2 aromatic heterocycles. The topological polar surface area (TPSA) is 100 Å². The molecule has 3 N–H and O–H groups in total. The molecular weight excluding hydrogens is 440 g/mol. The van der Waals surface area contributed by atoms with Crippen LogP contribution in [0.2, 0.25) is 0 Å². The molecule has 3 aliphatic carbocycles. The highest BCUT2D eigenvalue weighted by Crippen LogP contribution is 2.41. The molecule has 184 valence electrons. The van der Waals surface area contributed by atoms with E-state index in [-0.39, 0.29) is 5.91 Å². The molecule has 1 amide bonds. The molecule has 0 aromatic carbocycles. The summed E-state index contributed by atoms with van der Waals surface area (Å²) < 4.78 is 1.85. The van der Waals surface area contributed by atoms with Crippen molar-refractivity contribution in [3.63, 3.8) is 0 Å². The van der Waals surface area contributed by atoms with E-state index in [1.165, 1.54) is 12.8 Å². The van der Waals surface area contributed by atoms with E-state index in [2.05, 4.69) is 40.6 Å². The lowest BCUT2D eigenvalue weighted by atomic mass is 9.82. The summed E-state index contributed by atoms with van der Waals surface area (Å²) in [6.07, 6.45) is 12.6. The molecule has 2 atom stereocenters. The standard InChI is InChI=1S/C27H34N6O2/c1-15-9-22(15)23(34)10-17-3-5-20(6-4-17)30-24-13-25(31-21-7-8-21)33-27(32-24)19(14-28-33)11-18-12-26(35)29-16(18)2/h11,13-15,17,20-22,31H,2-10,12H2,1H3,(H,29,35)(H,30,32)/b18-11+. The molecule has 8 nitrogen and oxygen atoms in total. The molecule has 0 spiro atoms. The number of carbonyl (C=O) groups is 2. The summed E-state index contributed by atoms with van der Waals surface area (Å²) in [6, 6.07) is 2.89. The number of Topliss-reactive ketones (excluding diaryl/α,β-unsaturated/α-hetero) is 1. The largest absolute Gasteiger partial charge is 0.367 e. The number of ketones is 1. The first-order valence-corrected chi connectivity index (χ1v) is 13.1. The van der Waals surface area contributed by atoms with Gasteiger partial charge in [-0.05, 0) is 68.4 Å². The number of carbonyl (C=O) groups excluding carboxylic acids is 2. The molecule has 2 unspecified atom stereocenters. The molecule has 1 aliphatic heterocycles. The molecule has 6 rings (SSSR count). The monoisotopic (exact) mass is 474 g/mol. The molecule has 35 heavy (non-hydrogen) atoms. The van der Waals surface area contributed by atoms with Crippen LogP contribution in [0.25, 0.3) is 11.7 Å². The van der Waals surface area contributed by atoms with Crippen molar-refractivity contribution in [1.82, 2.24) is 19.9 Å². The van der Waals surface area contributed by atoms with E-state index in [1.807, 2.05) is 10.6 Å². The average molecular weight is 475 g/mol. The fourth-order valence-corrected chi connectivity index (χ4v) is 5.52. The van der Waals surface area contributed by atoms with Gasteiger partial charge in [-0.25, -0.2) is 4.98 Å². The lowest BCUT2D eigenvalue weighted by molar-refractivity contribution is -0.121. The third-order valence-electron chi connectivity index (χ3n) is 8.00. The second-order valence-electron chi connectivity index (χ2n) is 11.0. The minimum Gasteiger partial charge on any atom is -0.367 e. The van der Waals surface area contributed by atoms with Gasteiger partial charge in [0.2, 0.25) is 5.91 Å². The van der Waals surface area contributed by atoms with Crippen LogP contribution < -0.4 is 16.0 Å². The molecule has 0 radical (unpaired) electrons. The van der Waals surface area contributed by atoms with Crippen molar-refractivity contribution in [2.24, 2.45) is 17.8 Å². The second-order valence-corrected chi connectivity index (χ2v) is 11.0. The highest BCUT2D eigenvalue weighted by atomic mass is 16.2. The second kappa shape index (κ2) is 8.81. The Bertz CT molecular complexity index is 1220. The molecule has 3 saturated carbocycles. The molecule has 2 aromatic rings. The predicted octanol–water partition coefficient (Wildman–Crippen LogP) is 4.31. The van der Waals surface area contributed by atoms with Crippen LogP contribution in [0.4, 0.5) is 11.6 Å². The molecular formula is C27H34N6O2. The molecule has 1 saturated heterocycles. The lowest BCUT2D eigenvalue weighted by Gasteiger charge is -2.29. The van der Waals surface area contributed by atoms with Gasteiger partial charge in [0.05, 0.1) is 12.6 Å². The number of aromatic nitrogens is 3. The number of nitrogens with one attached hydrogen (secondary N) is 3. The van der Waals surface area contributed by atoms with E-state index >= 15 is 0 Å². The zero-order valence-corrected chi connectivity index (χ0v) is 20.3. The van der Waals surface area contributed by atoms with Crippen LogP contribution in [0, 0.1) is 17.8 Å². The number of amides is 1. The van der Waals surface area contributed by atoms with E-state index in [4.69, 9.17) is 4.98 Å². The minimum absolute atomic E-state index is 0.0342. The van der Waals surface area contributed by atoms with Gasteiger partial charge < -0.3 is 16.0 Å². The van der Waals surface area contributed by atoms with Crippen molar-refractivity contribution in [3.8, 4) is 0 Å². The van der Waals surface area contributed by atoms with Gasteiger partial charge in [-0.15, -0.1) is 0 Å².